The van der Waals surface area contributed by atoms with Crippen LogP contribution in [-0.2, 0) is 19.6 Å². The molecule has 0 radical (unpaired) electrons. The van der Waals surface area contributed by atoms with Gasteiger partial charge in [0.2, 0.25) is 10.0 Å². The van der Waals surface area contributed by atoms with Gasteiger partial charge in [-0.15, -0.1) is 0 Å². The molecule has 9 nitrogen and oxygen atoms in total. The molecule has 0 saturated carbocycles. The minimum absolute atomic E-state index is 0.214. The maximum absolute atomic E-state index is 12.7. The van der Waals surface area contributed by atoms with Gasteiger partial charge in [0.05, 0.1) is 31.8 Å². The second kappa shape index (κ2) is 11.9. The standard InChI is InChI=1S/C23H30N2O7S/c1-3-22(32-20-6-4-18(29-2)5-7-20)23(26)24-12-15-31-19-8-10-21(11-9-19)33(27,28)25-13-16-30-17-14-25/h4-11,22H,3,12-17H2,1-2H3,(H,24,26). The number of benzene rings is 2. The predicted octanol–water partition coefficient (Wildman–Crippen LogP) is 2.07. The fourth-order valence-electron chi connectivity index (χ4n) is 3.24. The zero-order chi connectivity index (χ0) is 23.7. The molecule has 2 aromatic carbocycles. The van der Waals surface area contributed by atoms with Crippen molar-refractivity contribution in [3.05, 3.63) is 48.5 Å². The Hall–Kier alpha value is -2.82. The number of ether oxygens (including phenoxy) is 4. The van der Waals surface area contributed by atoms with Crippen molar-refractivity contribution in [2.75, 3.05) is 46.6 Å². The summed E-state index contributed by atoms with van der Waals surface area (Å²) >= 11 is 0. The van der Waals surface area contributed by atoms with Crippen LogP contribution in [0, 0.1) is 0 Å². The van der Waals surface area contributed by atoms with Gasteiger partial charge in [0.25, 0.3) is 5.91 Å². The fourth-order valence-corrected chi connectivity index (χ4v) is 4.65. The van der Waals surface area contributed by atoms with Crippen LogP contribution in [0.15, 0.2) is 53.4 Å². The molecule has 1 aliphatic rings. The molecule has 1 heterocycles. The van der Waals surface area contributed by atoms with Crippen LogP contribution in [-0.4, -0.2) is 71.3 Å². The van der Waals surface area contributed by atoms with E-state index in [-0.39, 0.29) is 24.0 Å². The predicted molar refractivity (Wildman–Crippen MR) is 122 cm³/mol. The average molecular weight is 479 g/mol. The first-order chi connectivity index (χ1) is 15.9. The van der Waals surface area contributed by atoms with Gasteiger partial charge in [0.15, 0.2) is 6.10 Å². The molecule has 180 valence electrons. The summed E-state index contributed by atoms with van der Waals surface area (Å²) in [5.41, 5.74) is 0. The Morgan fingerprint density at radius 1 is 1.03 bits per heavy atom. The molecule has 0 spiro atoms. The lowest BCUT2D eigenvalue weighted by atomic mass is 10.2. The lowest BCUT2D eigenvalue weighted by Gasteiger charge is -2.26. The van der Waals surface area contributed by atoms with Crippen molar-refractivity contribution in [2.24, 2.45) is 0 Å². The summed E-state index contributed by atoms with van der Waals surface area (Å²) in [4.78, 5) is 12.6. The summed E-state index contributed by atoms with van der Waals surface area (Å²) in [7, 11) is -1.95. The third-order valence-electron chi connectivity index (χ3n) is 5.10. The molecule has 1 N–H and O–H groups in total. The van der Waals surface area contributed by atoms with Crippen LogP contribution in [0.25, 0.3) is 0 Å². The van der Waals surface area contributed by atoms with E-state index < -0.39 is 16.1 Å². The van der Waals surface area contributed by atoms with Gasteiger partial charge in [0, 0.05) is 13.1 Å². The van der Waals surface area contributed by atoms with Gasteiger partial charge in [-0.2, -0.15) is 4.31 Å². The van der Waals surface area contributed by atoms with Gasteiger partial charge in [-0.05, 0) is 55.0 Å². The number of nitrogens with zero attached hydrogens (tertiary/aromatic N) is 1. The van der Waals surface area contributed by atoms with Crippen LogP contribution in [0.3, 0.4) is 0 Å². The van der Waals surface area contributed by atoms with Crippen molar-refractivity contribution in [1.82, 2.24) is 9.62 Å². The topological polar surface area (TPSA) is 103 Å². The lowest BCUT2D eigenvalue weighted by molar-refractivity contribution is -0.128. The first-order valence-corrected chi connectivity index (χ1v) is 12.3. The van der Waals surface area contributed by atoms with E-state index in [1.807, 2.05) is 6.92 Å². The number of methoxy groups -OCH3 is 1. The second-order valence-corrected chi connectivity index (χ2v) is 9.26. The molecular weight excluding hydrogens is 448 g/mol. The Kier molecular flexibility index (Phi) is 8.93. The Labute approximate surface area is 194 Å². The summed E-state index contributed by atoms with van der Waals surface area (Å²) in [5, 5.41) is 2.80. The molecule has 2 aromatic rings. The van der Waals surface area contributed by atoms with Gasteiger partial charge in [-0.3, -0.25) is 4.79 Å². The van der Waals surface area contributed by atoms with E-state index in [0.29, 0.717) is 50.0 Å². The van der Waals surface area contributed by atoms with Crippen LogP contribution in [0.5, 0.6) is 17.2 Å². The van der Waals surface area contributed by atoms with E-state index in [0.717, 1.165) is 0 Å². The van der Waals surface area contributed by atoms with Crippen LogP contribution >= 0.6 is 0 Å². The Morgan fingerprint density at radius 3 is 2.24 bits per heavy atom. The number of morpholine rings is 1. The summed E-state index contributed by atoms with van der Waals surface area (Å²) < 4.78 is 48.4. The molecule has 33 heavy (non-hydrogen) atoms. The van der Waals surface area contributed by atoms with Crippen molar-refractivity contribution in [2.45, 2.75) is 24.3 Å². The molecular formula is C23H30N2O7S. The first-order valence-electron chi connectivity index (χ1n) is 10.8. The first kappa shape index (κ1) is 24.8. The normalized spacial score (nSPS) is 15.5. The van der Waals surface area contributed by atoms with Gasteiger partial charge < -0.3 is 24.3 Å². The van der Waals surface area contributed by atoms with Gasteiger partial charge in [-0.25, -0.2) is 8.42 Å². The molecule has 0 aromatic heterocycles. The Balaban J connectivity index is 1.44. The molecule has 3 rings (SSSR count). The molecule has 10 heteroatoms. The second-order valence-electron chi connectivity index (χ2n) is 7.32. The number of nitrogens with one attached hydrogen (secondary N) is 1. The molecule has 1 saturated heterocycles. The van der Waals surface area contributed by atoms with Crippen LogP contribution in [0.1, 0.15) is 13.3 Å². The SMILES string of the molecule is CCC(Oc1ccc(OC)cc1)C(=O)NCCOc1ccc(S(=O)(=O)N2CCOCC2)cc1. The average Bonchev–Trinajstić information content (AvgIpc) is 2.86. The minimum atomic E-state index is -3.54. The largest absolute Gasteiger partial charge is 0.497 e. The summed E-state index contributed by atoms with van der Waals surface area (Å²) in [6, 6.07) is 13.3. The maximum Gasteiger partial charge on any atom is 0.261 e. The van der Waals surface area contributed by atoms with Gasteiger partial charge >= 0.3 is 0 Å². The fraction of sp³-hybridized carbons (Fsp3) is 0.435. The van der Waals surface area contributed by atoms with E-state index in [9.17, 15) is 13.2 Å². The molecule has 0 aliphatic carbocycles. The molecule has 1 fully saturated rings. The van der Waals surface area contributed by atoms with E-state index in [1.165, 1.54) is 16.4 Å². The molecule has 1 aliphatic heterocycles. The van der Waals surface area contributed by atoms with Crippen molar-refractivity contribution in [3.63, 3.8) is 0 Å². The van der Waals surface area contributed by atoms with Crippen LogP contribution < -0.4 is 19.5 Å². The van der Waals surface area contributed by atoms with Crippen LogP contribution in [0.4, 0.5) is 0 Å². The molecule has 1 atom stereocenters. The number of rotatable bonds is 11. The number of amides is 1. The minimum Gasteiger partial charge on any atom is -0.497 e. The highest BCUT2D eigenvalue weighted by molar-refractivity contribution is 7.89. The number of hydrogen-bond donors (Lipinski definition) is 1. The van der Waals surface area contributed by atoms with Gasteiger partial charge in [-0.1, -0.05) is 6.92 Å². The number of carbonyl (C=O) groups is 1. The van der Waals surface area contributed by atoms with Crippen molar-refractivity contribution >= 4 is 15.9 Å². The highest BCUT2D eigenvalue weighted by atomic mass is 32.2. The van der Waals surface area contributed by atoms with Gasteiger partial charge in [0.1, 0.15) is 23.9 Å². The van der Waals surface area contributed by atoms with Crippen molar-refractivity contribution in [1.29, 1.82) is 0 Å². The molecule has 0 bridgehead atoms. The third kappa shape index (κ3) is 6.83. The number of sulfonamides is 1. The van der Waals surface area contributed by atoms with E-state index >= 15 is 0 Å². The summed E-state index contributed by atoms with van der Waals surface area (Å²) in [6.45, 7) is 3.89. The number of hydrogen-bond acceptors (Lipinski definition) is 7. The van der Waals surface area contributed by atoms with Crippen LogP contribution in [0.2, 0.25) is 0 Å². The van der Waals surface area contributed by atoms with Crippen molar-refractivity contribution in [3.8, 4) is 17.2 Å². The highest BCUT2D eigenvalue weighted by Gasteiger charge is 2.26. The molecule has 1 amide bonds. The summed E-state index contributed by atoms with van der Waals surface area (Å²) in [6.07, 6.45) is -0.110. The van der Waals surface area contributed by atoms with E-state index in [2.05, 4.69) is 5.32 Å². The summed E-state index contributed by atoms with van der Waals surface area (Å²) in [5.74, 6) is 1.58. The van der Waals surface area contributed by atoms with E-state index in [1.54, 1.807) is 43.5 Å². The molecule has 1 unspecified atom stereocenters. The zero-order valence-corrected chi connectivity index (χ0v) is 19.7. The number of carbonyl (C=O) groups excluding carboxylic acids is 1. The highest BCUT2D eigenvalue weighted by Crippen LogP contribution is 2.21. The third-order valence-corrected chi connectivity index (χ3v) is 7.02. The smallest absolute Gasteiger partial charge is 0.261 e. The van der Waals surface area contributed by atoms with Crippen molar-refractivity contribution < 1.29 is 32.2 Å². The lowest BCUT2D eigenvalue weighted by Crippen LogP contribution is -2.40. The zero-order valence-electron chi connectivity index (χ0n) is 18.9. The maximum atomic E-state index is 12.7. The Morgan fingerprint density at radius 2 is 1.64 bits per heavy atom. The Bertz CT molecular complexity index is 988. The quantitative estimate of drug-likeness (QED) is 0.493. The monoisotopic (exact) mass is 478 g/mol. The van der Waals surface area contributed by atoms with E-state index in [4.69, 9.17) is 18.9 Å².